The maximum atomic E-state index is 11.0. The lowest BCUT2D eigenvalue weighted by Gasteiger charge is -2.10. The fraction of sp³-hybridized carbons (Fsp3) is 0.278. The zero-order valence-electron chi connectivity index (χ0n) is 12.8. The minimum Gasteiger partial charge on any atom is -0.381 e. The highest BCUT2D eigenvalue weighted by Gasteiger charge is 2.00. The van der Waals surface area contributed by atoms with Crippen LogP contribution in [-0.4, -0.2) is 5.91 Å². The molecule has 3 nitrogen and oxygen atoms in total. The molecule has 0 aliphatic rings. The lowest BCUT2D eigenvalue weighted by Crippen LogP contribution is -2.05. The third kappa shape index (κ3) is 4.63. The van der Waals surface area contributed by atoms with Crippen molar-refractivity contribution in [3.05, 3.63) is 59.7 Å². The number of amides is 1. The van der Waals surface area contributed by atoms with Gasteiger partial charge in [0.2, 0.25) is 5.91 Å². The molecule has 0 aliphatic heterocycles. The first-order chi connectivity index (χ1) is 10.0. The van der Waals surface area contributed by atoms with E-state index in [0.717, 1.165) is 17.9 Å². The van der Waals surface area contributed by atoms with Crippen molar-refractivity contribution < 1.29 is 4.79 Å². The molecule has 3 heteroatoms. The quantitative estimate of drug-likeness (QED) is 0.854. The van der Waals surface area contributed by atoms with E-state index in [4.69, 9.17) is 0 Å². The van der Waals surface area contributed by atoms with Gasteiger partial charge in [0.25, 0.3) is 0 Å². The Labute approximate surface area is 126 Å². The first-order valence-electron chi connectivity index (χ1n) is 7.25. The third-order valence-corrected chi connectivity index (χ3v) is 3.35. The Hall–Kier alpha value is -2.29. The number of rotatable bonds is 5. The first kappa shape index (κ1) is 15.1. The Bertz CT molecular complexity index is 586. The predicted octanol–water partition coefficient (Wildman–Crippen LogP) is 4.38. The van der Waals surface area contributed by atoms with Gasteiger partial charge in [0.05, 0.1) is 0 Å². The summed E-state index contributed by atoms with van der Waals surface area (Å²) < 4.78 is 0. The third-order valence-electron chi connectivity index (χ3n) is 3.35. The van der Waals surface area contributed by atoms with Crippen molar-refractivity contribution in [1.82, 2.24) is 0 Å². The fourth-order valence-corrected chi connectivity index (χ4v) is 2.10. The molecule has 0 aliphatic carbocycles. The van der Waals surface area contributed by atoms with Gasteiger partial charge in [-0.3, -0.25) is 4.79 Å². The van der Waals surface area contributed by atoms with Crippen LogP contribution < -0.4 is 10.6 Å². The molecule has 0 atom stereocenters. The molecule has 2 N–H and O–H groups in total. The van der Waals surface area contributed by atoms with Crippen LogP contribution in [0.15, 0.2) is 48.5 Å². The van der Waals surface area contributed by atoms with Crippen LogP contribution in [0.3, 0.4) is 0 Å². The summed E-state index contributed by atoms with van der Waals surface area (Å²) in [4.78, 5) is 11.0. The van der Waals surface area contributed by atoms with Gasteiger partial charge in [-0.05, 0) is 41.3 Å². The van der Waals surface area contributed by atoms with Crippen molar-refractivity contribution in [3.63, 3.8) is 0 Å². The topological polar surface area (TPSA) is 41.1 Å². The normalized spacial score (nSPS) is 10.5. The molecule has 0 spiro atoms. The Kier molecular flexibility index (Phi) is 4.99. The van der Waals surface area contributed by atoms with Crippen molar-refractivity contribution >= 4 is 17.3 Å². The standard InChI is InChI=1S/C18H22N2O/c1-13(2)16-6-4-15(5-7-16)12-19-17-8-10-18(11-9-17)20-14(3)21/h4-11,13,19H,12H2,1-3H3,(H,20,21). The monoisotopic (exact) mass is 282 g/mol. The zero-order chi connectivity index (χ0) is 15.2. The maximum Gasteiger partial charge on any atom is 0.221 e. The van der Waals surface area contributed by atoms with Gasteiger partial charge in [-0.1, -0.05) is 38.1 Å². The lowest BCUT2D eigenvalue weighted by atomic mass is 10.0. The summed E-state index contributed by atoms with van der Waals surface area (Å²) in [7, 11) is 0. The van der Waals surface area contributed by atoms with E-state index < -0.39 is 0 Å². The van der Waals surface area contributed by atoms with Gasteiger partial charge >= 0.3 is 0 Å². The highest BCUT2D eigenvalue weighted by Crippen LogP contribution is 2.17. The second-order valence-electron chi connectivity index (χ2n) is 5.51. The number of benzene rings is 2. The molecule has 0 radical (unpaired) electrons. The van der Waals surface area contributed by atoms with Gasteiger partial charge in [-0.15, -0.1) is 0 Å². The number of carbonyl (C=O) groups is 1. The lowest BCUT2D eigenvalue weighted by molar-refractivity contribution is -0.114. The highest BCUT2D eigenvalue weighted by atomic mass is 16.1. The van der Waals surface area contributed by atoms with E-state index in [1.54, 1.807) is 0 Å². The van der Waals surface area contributed by atoms with Crippen LogP contribution in [0.1, 0.15) is 37.8 Å². The van der Waals surface area contributed by atoms with Crippen LogP contribution in [0.25, 0.3) is 0 Å². The van der Waals surface area contributed by atoms with Gasteiger partial charge in [0.15, 0.2) is 0 Å². The van der Waals surface area contributed by atoms with Gasteiger partial charge in [0.1, 0.15) is 0 Å². The molecule has 0 heterocycles. The molecule has 1 amide bonds. The molecule has 0 unspecified atom stereocenters. The van der Waals surface area contributed by atoms with Crippen LogP contribution in [0, 0.1) is 0 Å². The summed E-state index contributed by atoms with van der Waals surface area (Å²) in [6.45, 7) is 6.69. The molecule has 0 fully saturated rings. The summed E-state index contributed by atoms with van der Waals surface area (Å²) in [5, 5.41) is 6.13. The Morgan fingerprint density at radius 2 is 1.52 bits per heavy atom. The number of hydrogen-bond donors (Lipinski definition) is 2. The molecule has 0 saturated carbocycles. The van der Waals surface area contributed by atoms with E-state index in [2.05, 4.69) is 48.7 Å². The van der Waals surface area contributed by atoms with Gasteiger partial charge in [-0.25, -0.2) is 0 Å². The number of carbonyl (C=O) groups excluding carboxylic acids is 1. The van der Waals surface area contributed by atoms with Crippen LogP contribution >= 0.6 is 0 Å². The number of anilines is 2. The average Bonchev–Trinajstić information content (AvgIpc) is 2.46. The number of hydrogen-bond acceptors (Lipinski definition) is 2. The SMILES string of the molecule is CC(=O)Nc1ccc(NCc2ccc(C(C)C)cc2)cc1. The Morgan fingerprint density at radius 1 is 0.952 bits per heavy atom. The molecule has 0 aromatic heterocycles. The summed E-state index contributed by atoms with van der Waals surface area (Å²) in [5.74, 6) is 0.509. The summed E-state index contributed by atoms with van der Waals surface area (Å²) in [6.07, 6.45) is 0. The van der Waals surface area contributed by atoms with E-state index in [-0.39, 0.29) is 5.91 Å². The van der Waals surface area contributed by atoms with Gasteiger partial charge in [0, 0.05) is 24.8 Å². The Balaban J connectivity index is 1.91. The minimum atomic E-state index is -0.0547. The molecule has 2 aromatic rings. The number of nitrogens with one attached hydrogen (secondary N) is 2. The van der Waals surface area contributed by atoms with Crippen molar-refractivity contribution in [2.75, 3.05) is 10.6 Å². The van der Waals surface area contributed by atoms with E-state index in [1.165, 1.54) is 18.1 Å². The highest BCUT2D eigenvalue weighted by molar-refractivity contribution is 5.88. The molecular formula is C18H22N2O. The second kappa shape index (κ2) is 6.93. The summed E-state index contributed by atoms with van der Waals surface area (Å²) in [5.41, 5.74) is 4.47. The largest absolute Gasteiger partial charge is 0.381 e. The summed E-state index contributed by atoms with van der Waals surface area (Å²) >= 11 is 0. The van der Waals surface area contributed by atoms with Crippen LogP contribution in [0.4, 0.5) is 11.4 Å². The maximum absolute atomic E-state index is 11.0. The van der Waals surface area contributed by atoms with E-state index in [0.29, 0.717) is 5.92 Å². The molecule has 21 heavy (non-hydrogen) atoms. The zero-order valence-corrected chi connectivity index (χ0v) is 12.8. The second-order valence-corrected chi connectivity index (χ2v) is 5.51. The smallest absolute Gasteiger partial charge is 0.221 e. The molecule has 0 saturated heterocycles. The van der Waals surface area contributed by atoms with Crippen molar-refractivity contribution in [2.24, 2.45) is 0 Å². The molecule has 110 valence electrons. The molecule has 2 aromatic carbocycles. The van der Waals surface area contributed by atoms with Gasteiger partial charge < -0.3 is 10.6 Å². The first-order valence-corrected chi connectivity index (χ1v) is 7.25. The van der Waals surface area contributed by atoms with Crippen molar-refractivity contribution in [3.8, 4) is 0 Å². The molecule has 0 bridgehead atoms. The van der Waals surface area contributed by atoms with E-state index in [1.807, 2.05) is 24.3 Å². The van der Waals surface area contributed by atoms with Crippen LogP contribution in [0.2, 0.25) is 0 Å². The Morgan fingerprint density at radius 3 is 2.05 bits per heavy atom. The van der Waals surface area contributed by atoms with Crippen molar-refractivity contribution in [2.45, 2.75) is 33.2 Å². The fourth-order valence-electron chi connectivity index (χ4n) is 2.10. The van der Waals surface area contributed by atoms with E-state index >= 15 is 0 Å². The van der Waals surface area contributed by atoms with Crippen molar-refractivity contribution in [1.29, 1.82) is 0 Å². The minimum absolute atomic E-state index is 0.0547. The summed E-state index contributed by atoms with van der Waals surface area (Å²) in [6, 6.07) is 16.4. The van der Waals surface area contributed by atoms with Crippen LogP contribution in [0.5, 0.6) is 0 Å². The molecular weight excluding hydrogens is 260 g/mol. The molecule has 2 rings (SSSR count). The average molecular weight is 282 g/mol. The van der Waals surface area contributed by atoms with Gasteiger partial charge in [-0.2, -0.15) is 0 Å². The van der Waals surface area contributed by atoms with E-state index in [9.17, 15) is 4.79 Å². The predicted molar refractivity (Wildman–Crippen MR) is 88.6 cm³/mol. The van der Waals surface area contributed by atoms with Crippen LogP contribution in [-0.2, 0) is 11.3 Å².